The van der Waals surface area contributed by atoms with Crippen molar-refractivity contribution >= 4 is 38.3 Å². The summed E-state index contributed by atoms with van der Waals surface area (Å²) in [6.45, 7) is 2.12. The van der Waals surface area contributed by atoms with Gasteiger partial charge in [-0.05, 0) is 18.6 Å². The minimum absolute atomic E-state index is 0.312. The number of benzene rings is 1. The first kappa shape index (κ1) is 10.7. The van der Waals surface area contributed by atoms with E-state index in [0.717, 1.165) is 17.1 Å². The lowest BCUT2D eigenvalue weighted by Crippen LogP contribution is -2.19. The lowest BCUT2D eigenvalue weighted by atomic mass is 10.3. The van der Waals surface area contributed by atoms with Crippen LogP contribution in [-0.2, 0) is 0 Å². The largest absolute Gasteiger partial charge is 0.358 e. The highest BCUT2D eigenvalue weighted by Crippen LogP contribution is 2.26. The van der Waals surface area contributed by atoms with Gasteiger partial charge >= 0.3 is 0 Å². The topological polar surface area (TPSA) is 24.9 Å². The first-order valence-corrected chi connectivity index (χ1v) is 6.36. The fourth-order valence-corrected chi connectivity index (χ4v) is 2.60. The van der Waals surface area contributed by atoms with Gasteiger partial charge in [-0.25, -0.2) is 4.98 Å². The molecular weight excluding hydrogens is 228 g/mol. The molecule has 1 atom stereocenters. The average Bonchev–Trinajstić information content (AvgIpc) is 2.68. The van der Waals surface area contributed by atoms with E-state index in [-0.39, 0.29) is 0 Å². The average molecular weight is 241 g/mol. The van der Waals surface area contributed by atoms with Crippen molar-refractivity contribution in [3.8, 4) is 0 Å². The number of nitrogens with one attached hydrogen (secondary N) is 1. The summed E-state index contributed by atoms with van der Waals surface area (Å²) >= 11 is 7.51. The normalized spacial score (nSPS) is 12.9. The number of para-hydroxylation sites is 1. The van der Waals surface area contributed by atoms with E-state index >= 15 is 0 Å². The highest BCUT2D eigenvalue weighted by molar-refractivity contribution is 7.22. The maximum atomic E-state index is 5.83. The van der Waals surface area contributed by atoms with Gasteiger partial charge in [0.1, 0.15) is 0 Å². The van der Waals surface area contributed by atoms with Crippen molar-refractivity contribution < 1.29 is 0 Å². The minimum Gasteiger partial charge on any atom is -0.358 e. The third kappa shape index (κ3) is 2.41. The third-order valence-electron chi connectivity index (χ3n) is 2.30. The Kier molecular flexibility index (Phi) is 3.44. The maximum absolute atomic E-state index is 5.83. The van der Waals surface area contributed by atoms with E-state index in [4.69, 9.17) is 11.6 Å². The molecule has 1 aromatic heterocycles. The maximum Gasteiger partial charge on any atom is 0.184 e. The van der Waals surface area contributed by atoms with Gasteiger partial charge in [-0.15, -0.1) is 11.6 Å². The van der Waals surface area contributed by atoms with E-state index < -0.39 is 0 Å². The second kappa shape index (κ2) is 4.81. The van der Waals surface area contributed by atoms with E-state index in [1.807, 2.05) is 18.2 Å². The summed E-state index contributed by atoms with van der Waals surface area (Å²) in [5.74, 6) is 0.617. The molecule has 2 aromatic rings. The number of hydrogen-bond acceptors (Lipinski definition) is 3. The second-order valence-electron chi connectivity index (χ2n) is 3.39. The van der Waals surface area contributed by atoms with Crippen LogP contribution in [0.3, 0.4) is 0 Å². The molecule has 0 aliphatic heterocycles. The number of rotatable bonds is 4. The minimum atomic E-state index is 0.312. The van der Waals surface area contributed by atoms with Crippen LogP contribution in [0, 0.1) is 0 Å². The quantitative estimate of drug-likeness (QED) is 0.824. The fourth-order valence-electron chi connectivity index (χ4n) is 1.36. The summed E-state index contributed by atoms with van der Waals surface area (Å²) in [6.07, 6.45) is 1.01. The molecule has 0 bridgehead atoms. The van der Waals surface area contributed by atoms with Crippen LogP contribution in [0.4, 0.5) is 5.13 Å². The molecule has 0 fully saturated rings. The van der Waals surface area contributed by atoms with Gasteiger partial charge in [0.2, 0.25) is 0 Å². The Balaban J connectivity index is 2.21. The number of anilines is 1. The predicted octanol–water partition coefficient (Wildman–Crippen LogP) is 3.73. The van der Waals surface area contributed by atoms with Gasteiger partial charge < -0.3 is 5.32 Å². The second-order valence-corrected chi connectivity index (χ2v) is 4.73. The van der Waals surface area contributed by atoms with Crippen LogP contribution in [0.25, 0.3) is 10.2 Å². The standard InChI is InChI=1S/C11H13ClN2S/c1-2-8(7-12)13-11-14-9-5-3-4-6-10(9)15-11/h3-6,8H,2,7H2,1H3,(H,13,14). The molecule has 2 nitrogen and oxygen atoms in total. The molecule has 1 N–H and O–H groups in total. The molecule has 4 heteroatoms. The zero-order chi connectivity index (χ0) is 10.7. The summed E-state index contributed by atoms with van der Waals surface area (Å²) in [6, 6.07) is 8.46. The molecule has 0 amide bonds. The van der Waals surface area contributed by atoms with Crippen LogP contribution >= 0.6 is 22.9 Å². The molecule has 15 heavy (non-hydrogen) atoms. The molecule has 0 saturated heterocycles. The molecule has 0 aliphatic carbocycles. The van der Waals surface area contributed by atoms with Crippen LogP contribution in [0.5, 0.6) is 0 Å². The predicted molar refractivity (Wildman–Crippen MR) is 68.0 cm³/mol. The smallest absolute Gasteiger partial charge is 0.184 e. The van der Waals surface area contributed by atoms with Gasteiger partial charge in [0, 0.05) is 11.9 Å². The Bertz CT molecular complexity index is 404. The monoisotopic (exact) mass is 240 g/mol. The summed E-state index contributed by atoms with van der Waals surface area (Å²) in [5, 5.41) is 4.30. The van der Waals surface area contributed by atoms with Crippen molar-refractivity contribution in [3.63, 3.8) is 0 Å². The molecule has 1 heterocycles. The highest BCUT2D eigenvalue weighted by atomic mass is 35.5. The fraction of sp³-hybridized carbons (Fsp3) is 0.364. The van der Waals surface area contributed by atoms with Crippen molar-refractivity contribution in [2.24, 2.45) is 0 Å². The summed E-state index contributed by atoms with van der Waals surface area (Å²) in [7, 11) is 0. The number of alkyl halides is 1. The molecule has 0 radical (unpaired) electrons. The van der Waals surface area contributed by atoms with Crippen LogP contribution in [0.2, 0.25) is 0 Å². The van der Waals surface area contributed by atoms with E-state index in [0.29, 0.717) is 11.9 Å². The Hall–Kier alpha value is -0.800. The molecule has 1 unspecified atom stereocenters. The van der Waals surface area contributed by atoms with Gasteiger partial charge in [-0.1, -0.05) is 30.4 Å². The molecule has 80 valence electrons. The molecular formula is C11H13ClN2S. The van der Waals surface area contributed by atoms with E-state index in [1.54, 1.807) is 11.3 Å². The van der Waals surface area contributed by atoms with E-state index in [1.165, 1.54) is 4.70 Å². The van der Waals surface area contributed by atoms with Crippen LogP contribution < -0.4 is 5.32 Å². The molecule has 0 saturated carbocycles. The van der Waals surface area contributed by atoms with Gasteiger partial charge in [0.25, 0.3) is 0 Å². The van der Waals surface area contributed by atoms with Crippen LogP contribution in [0.1, 0.15) is 13.3 Å². The van der Waals surface area contributed by atoms with Crippen molar-refractivity contribution in [2.75, 3.05) is 11.2 Å². The number of thiazole rings is 1. The van der Waals surface area contributed by atoms with Crippen molar-refractivity contribution in [3.05, 3.63) is 24.3 Å². The Morgan fingerprint density at radius 3 is 2.93 bits per heavy atom. The third-order valence-corrected chi connectivity index (χ3v) is 3.64. The highest BCUT2D eigenvalue weighted by Gasteiger charge is 2.07. The number of hydrogen-bond donors (Lipinski definition) is 1. The number of fused-ring (bicyclic) bond motifs is 1. The lowest BCUT2D eigenvalue weighted by molar-refractivity contribution is 0.769. The van der Waals surface area contributed by atoms with Gasteiger partial charge in [0.05, 0.1) is 10.2 Å². The first-order valence-electron chi connectivity index (χ1n) is 5.01. The van der Waals surface area contributed by atoms with Gasteiger partial charge in [-0.3, -0.25) is 0 Å². The van der Waals surface area contributed by atoms with Crippen molar-refractivity contribution in [1.29, 1.82) is 0 Å². The Morgan fingerprint density at radius 2 is 2.27 bits per heavy atom. The number of nitrogens with zero attached hydrogens (tertiary/aromatic N) is 1. The first-order chi connectivity index (χ1) is 7.33. The zero-order valence-electron chi connectivity index (χ0n) is 8.53. The SMILES string of the molecule is CCC(CCl)Nc1nc2ccccc2s1. The van der Waals surface area contributed by atoms with E-state index in [2.05, 4.69) is 23.3 Å². The van der Waals surface area contributed by atoms with Crippen LogP contribution in [-0.4, -0.2) is 16.9 Å². The van der Waals surface area contributed by atoms with E-state index in [9.17, 15) is 0 Å². The van der Waals surface area contributed by atoms with Gasteiger partial charge in [0.15, 0.2) is 5.13 Å². The summed E-state index contributed by atoms with van der Waals surface area (Å²) in [5.41, 5.74) is 1.05. The van der Waals surface area contributed by atoms with Gasteiger partial charge in [-0.2, -0.15) is 0 Å². The number of halogens is 1. The molecule has 2 rings (SSSR count). The summed E-state index contributed by atoms with van der Waals surface area (Å²) < 4.78 is 1.21. The Labute approximate surface area is 98.3 Å². The zero-order valence-corrected chi connectivity index (χ0v) is 10.1. The lowest BCUT2D eigenvalue weighted by Gasteiger charge is -2.11. The summed E-state index contributed by atoms with van der Waals surface area (Å²) in [4.78, 5) is 4.50. The van der Waals surface area contributed by atoms with Crippen molar-refractivity contribution in [1.82, 2.24) is 4.98 Å². The van der Waals surface area contributed by atoms with Crippen molar-refractivity contribution in [2.45, 2.75) is 19.4 Å². The molecule has 0 aliphatic rings. The molecule has 0 spiro atoms. The van der Waals surface area contributed by atoms with Crippen LogP contribution in [0.15, 0.2) is 24.3 Å². The molecule has 1 aromatic carbocycles. The Morgan fingerprint density at radius 1 is 1.47 bits per heavy atom. The number of aromatic nitrogens is 1.